The molecule has 2 amide bonds. The lowest BCUT2D eigenvalue weighted by Crippen LogP contribution is -2.47. The molecule has 32 heavy (non-hydrogen) atoms. The molecule has 0 fully saturated rings. The highest BCUT2D eigenvalue weighted by Crippen LogP contribution is 2.32. The fourth-order valence-corrected chi connectivity index (χ4v) is 3.58. The highest BCUT2D eigenvalue weighted by Gasteiger charge is 2.26. The second-order valence-corrected chi connectivity index (χ2v) is 7.88. The summed E-state index contributed by atoms with van der Waals surface area (Å²) in [5, 5.41) is 2.94. The normalized spacial score (nSPS) is 12.8. The zero-order chi connectivity index (χ0) is 22.9. The molecule has 0 aromatic heterocycles. The van der Waals surface area contributed by atoms with Gasteiger partial charge in [-0.1, -0.05) is 31.5 Å². The average molecular weight is 441 g/mol. The Kier molecular flexibility index (Phi) is 8.36. The Balaban J connectivity index is 1.70. The zero-order valence-electron chi connectivity index (χ0n) is 19.1. The van der Waals surface area contributed by atoms with Crippen molar-refractivity contribution in [3.05, 3.63) is 53.6 Å². The molecule has 0 spiro atoms. The molecule has 1 aliphatic rings. The van der Waals surface area contributed by atoms with Gasteiger partial charge in [-0.3, -0.25) is 9.59 Å². The van der Waals surface area contributed by atoms with Gasteiger partial charge in [0.05, 0.1) is 7.11 Å². The van der Waals surface area contributed by atoms with Gasteiger partial charge >= 0.3 is 0 Å². The lowest BCUT2D eigenvalue weighted by atomic mass is 10.1. The molecule has 0 saturated heterocycles. The van der Waals surface area contributed by atoms with E-state index < -0.39 is 6.04 Å². The molecular formula is C25H32N2O5. The van der Waals surface area contributed by atoms with E-state index in [2.05, 4.69) is 12.2 Å². The first-order valence-electron chi connectivity index (χ1n) is 11.1. The van der Waals surface area contributed by atoms with Crippen LogP contribution >= 0.6 is 0 Å². The lowest BCUT2D eigenvalue weighted by molar-refractivity contribution is -0.140. The molecule has 1 atom stereocenters. The van der Waals surface area contributed by atoms with Gasteiger partial charge in [-0.15, -0.1) is 0 Å². The molecule has 3 rings (SSSR count). The van der Waals surface area contributed by atoms with Crippen LogP contribution in [0, 0.1) is 0 Å². The number of unbranched alkanes of at least 4 members (excludes halogenated alkanes) is 1. The molecule has 2 aromatic carbocycles. The Morgan fingerprint density at radius 2 is 1.94 bits per heavy atom. The number of rotatable bonds is 11. The summed E-state index contributed by atoms with van der Waals surface area (Å²) in [7, 11) is 1.61. The quantitative estimate of drug-likeness (QED) is 0.539. The predicted molar refractivity (Wildman–Crippen MR) is 122 cm³/mol. The molecule has 0 aliphatic carbocycles. The van der Waals surface area contributed by atoms with Crippen molar-refractivity contribution >= 4 is 11.8 Å². The van der Waals surface area contributed by atoms with Crippen LogP contribution < -0.4 is 19.5 Å². The molecule has 0 unspecified atom stereocenters. The van der Waals surface area contributed by atoms with Crippen molar-refractivity contribution in [2.24, 2.45) is 0 Å². The van der Waals surface area contributed by atoms with Crippen LogP contribution in [0.25, 0.3) is 0 Å². The van der Waals surface area contributed by atoms with E-state index >= 15 is 0 Å². The predicted octanol–water partition coefficient (Wildman–Crippen LogP) is 3.69. The molecule has 1 aliphatic heterocycles. The van der Waals surface area contributed by atoms with E-state index in [1.54, 1.807) is 18.9 Å². The third kappa shape index (κ3) is 6.15. The van der Waals surface area contributed by atoms with Crippen LogP contribution in [0.2, 0.25) is 0 Å². The van der Waals surface area contributed by atoms with Crippen molar-refractivity contribution in [3.63, 3.8) is 0 Å². The minimum atomic E-state index is -0.581. The second kappa shape index (κ2) is 11.4. The van der Waals surface area contributed by atoms with Gasteiger partial charge in [0.25, 0.3) is 0 Å². The van der Waals surface area contributed by atoms with E-state index in [0.29, 0.717) is 25.3 Å². The van der Waals surface area contributed by atoms with Crippen LogP contribution in [0.4, 0.5) is 0 Å². The number of hydrogen-bond donors (Lipinski definition) is 1. The highest BCUT2D eigenvalue weighted by molar-refractivity contribution is 5.87. The van der Waals surface area contributed by atoms with E-state index in [1.807, 2.05) is 42.5 Å². The number of benzene rings is 2. The maximum Gasteiger partial charge on any atom is 0.242 e. The molecule has 172 valence electrons. The van der Waals surface area contributed by atoms with Crippen molar-refractivity contribution in [1.29, 1.82) is 0 Å². The standard InChI is InChI=1S/C25H32N2O5/c1-4-5-13-26-25(29)18(2)27(16-20-7-6-8-21(14-20)30-3)24(28)12-10-19-9-11-22-23(15-19)32-17-31-22/h6-9,11,14-15,18H,4-5,10,12-13,16-17H2,1-3H3,(H,26,29)/t18-/m0/s1. The van der Waals surface area contributed by atoms with Crippen LogP contribution in [-0.4, -0.2) is 43.2 Å². The van der Waals surface area contributed by atoms with Crippen LogP contribution in [0.5, 0.6) is 17.2 Å². The Hall–Kier alpha value is -3.22. The minimum Gasteiger partial charge on any atom is -0.497 e. The van der Waals surface area contributed by atoms with E-state index in [0.717, 1.165) is 35.5 Å². The molecule has 0 bridgehead atoms. The number of fused-ring (bicyclic) bond motifs is 1. The van der Waals surface area contributed by atoms with Gasteiger partial charge in [-0.2, -0.15) is 0 Å². The van der Waals surface area contributed by atoms with Gasteiger partial charge in [0.15, 0.2) is 11.5 Å². The summed E-state index contributed by atoms with van der Waals surface area (Å²) in [6, 6.07) is 12.7. The van der Waals surface area contributed by atoms with E-state index in [1.165, 1.54) is 0 Å². The number of aryl methyl sites for hydroxylation is 1. The van der Waals surface area contributed by atoms with Gasteiger partial charge < -0.3 is 24.4 Å². The van der Waals surface area contributed by atoms with Gasteiger partial charge in [0.1, 0.15) is 11.8 Å². The van der Waals surface area contributed by atoms with Gasteiger partial charge in [-0.05, 0) is 55.2 Å². The van der Waals surface area contributed by atoms with E-state index in [4.69, 9.17) is 14.2 Å². The number of hydrogen-bond acceptors (Lipinski definition) is 5. The highest BCUT2D eigenvalue weighted by atomic mass is 16.7. The number of ether oxygens (including phenoxy) is 3. The smallest absolute Gasteiger partial charge is 0.242 e. The van der Waals surface area contributed by atoms with Crippen LogP contribution in [-0.2, 0) is 22.6 Å². The first kappa shape index (κ1) is 23.4. The van der Waals surface area contributed by atoms with Crippen LogP contribution in [0.1, 0.15) is 44.2 Å². The monoisotopic (exact) mass is 440 g/mol. The summed E-state index contributed by atoms with van der Waals surface area (Å²) >= 11 is 0. The average Bonchev–Trinajstić information content (AvgIpc) is 3.28. The van der Waals surface area contributed by atoms with Gasteiger partial charge in [0, 0.05) is 19.5 Å². The van der Waals surface area contributed by atoms with Crippen molar-refractivity contribution < 1.29 is 23.8 Å². The maximum atomic E-state index is 13.2. The Morgan fingerprint density at radius 1 is 1.12 bits per heavy atom. The number of carbonyl (C=O) groups excluding carboxylic acids is 2. The fourth-order valence-electron chi connectivity index (χ4n) is 3.58. The number of carbonyl (C=O) groups is 2. The van der Waals surface area contributed by atoms with Gasteiger partial charge in [0.2, 0.25) is 18.6 Å². The fraction of sp³-hybridized carbons (Fsp3) is 0.440. The van der Waals surface area contributed by atoms with Crippen molar-refractivity contribution in [1.82, 2.24) is 10.2 Å². The topological polar surface area (TPSA) is 77.1 Å². The largest absolute Gasteiger partial charge is 0.497 e. The summed E-state index contributed by atoms with van der Waals surface area (Å²) in [6.45, 7) is 5.01. The SMILES string of the molecule is CCCCNC(=O)[C@H](C)N(Cc1cccc(OC)c1)C(=O)CCc1ccc2c(c1)OCO2. The van der Waals surface area contributed by atoms with Crippen LogP contribution in [0.3, 0.4) is 0 Å². The number of methoxy groups -OCH3 is 1. The third-order valence-corrected chi connectivity index (χ3v) is 5.55. The first-order chi connectivity index (χ1) is 15.5. The molecule has 7 heteroatoms. The molecule has 1 N–H and O–H groups in total. The molecule has 1 heterocycles. The summed E-state index contributed by atoms with van der Waals surface area (Å²) in [6.07, 6.45) is 2.74. The third-order valence-electron chi connectivity index (χ3n) is 5.55. The maximum absolute atomic E-state index is 13.2. The lowest BCUT2D eigenvalue weighted by Gasteiger charge is -2.29. The Morgan fingerprint density at radius 3 is 2.72 bits per heavy atom. The number of nitrogens with zero attached hydrogens (tertiary/aromatic N) is 1. The van der Waals surface area contributed by atoms with Crippen molar-refractivity contribution in [2.45, 2.75) is 52.1 Å². The molecule has 0 saturated carbocycles. The molecule has 2 aromatic rings. The first-order valence-corrected chi connectivity index (χ1v) is 11.1. The Labute approximate surface area is 189 Å². The molecule has 7 nitrogen and oxygen atoms in total. The van der Waals surface area contributed by atoms with Crippen molar-refractivity contribution in [2.75, 3.05) is 20.4 Å². The summed E-state index contributed by atoms with van der Waals surface area (Å²) in [5.41, 5.74) is 1.90. The van der Waals surface area contributed by atoms with Crippen molar-refractivity contribution in [3.8, 4) is 17.2 Å². The summed E-state index contributed by atoms with van der Waals surface area (Å²) in [4.78, 5) is 27.6. The van der Waals surface area contributed by atoms with E-state index in [9.17, 15) is 9.59 Å². The minimum absolute atomic E-state index is 0.0800. The molecular weight excluding hydrogens is 408 g/mol. The van der Waals surface area contributed by atoms with E-state index in [-0.39, 0.29) is 25.0 Å². The number of amides is 2. The van der Waals surface area contributed by atoms with Gasteiger partial charge in [-0.25, -0.2) is 0 Å². The number of nitrogens with one attached hydrogen (secondary N) is 1. The second-order valence-electron chi connectivity index (χ2n) is 7.88. The summed E-state index contributed by atoms with van der Waals surface area (Å²) < 4.78 is 16.1. The van der Waals surface area contributed by atoms with Crippen LogP contribution in [0.15, 0.2) is 42.5 Å². The molecule has 0 radical (unpaired) electrons. The zero-order valence-corrected chi connectivity index (χ0v) is 19.1. The Bertz CT molecular complexity index is 930. The summed E-state index contributed by atoms with van der Waals surface area (Å²) in [5.74, 6) is 1.92.